The average molecular weight is 328 g/mol. The fourth-order valence-electron chi connectivity index (χ4n) is 1.56. The minimum absolute atomic E-state index is 0.0128. The Hall–Kier alpha value is -1.03. The summed E-state index contributed by atoms with van der Waals surface area (Å²) in [5, 5.41) is 2.91. The van der Waals surface area contributed by atoms with Gasteiger partial charge in [0.05, 0.1) is 12.8 Å². The van der Waals surface area contributed by atoms with Crippen LogP contribution in [0.15, 0.2) is 22.7 Å². The van der Waals surface area contributed by atoms with E-state index in [1.54, 1.807) is 7.11 Å². The van der Waals surface area contributed by atoms with Gasteiger partial charge in [-0.3, -0.25) is 4.79 Å². The lowest BCUT2D eigenvalue weighted by molar-refractivity contribution is -0.117. The highest BCUT2D eigenvalue weighted by Crippen LogP contribution is 2.30. The number of carbonyl (C=O) groups excluding carboxylic acids is 1. The first-order chi connectivity index (χ1) is 8.74. The topological polar surface area (TPSA) is 38.3 Å². The largest absolute Gasteiger partial charge is 0.495 e. The van der Waals surface area contributed by atoms with E-state index in [1.165, 1.54) is 0 Å². The van der Waals surface area contributed by atoms with Gasteiger partial charge in [0, 0.05) is 10.9 Å². The van der Waals surface area contributed by atoms with E-state index < -0.39 is 0 Å². The fraction of sp³-hybridized carbons (Fsp3) is 0.533. The smallest absolute Gasteiger partial charge is 0.224 e. The van der Waals surface area contributed by atoms with Gasteiger partial charge < -0.3 is 10.1 Å². The summed E-state index contributed by atoms with van der Waals surface area (Å²) in [5.41, 5.74) is 0.821. The maximum Gasteiger partial charge on any atom is 0.224 e. The Morgan fingerprint density at radius 1 is 1.42 bits per heavy atom. The van der Waals surface area contributed by atoms with Crippen LogP contribution in [0.5, 0.6) is 5.75 Å². The van der Waals surface area contributed by atoms with E-state index in [1.807, 2.05) is 18.2 Å². The van der Waals surface area contributed by atoms with Gasteiger partial charge >= 0.3 is 0 Å². The zero-order valence-electron chi connectivity index (χ0n) is 12.2. The van der Waals surface area contributed by atoms with Gasteiger partial charge in [-0.1, -0.05) is 43.6 Å². The number of benzene rings is 1. The molecule has 1 atom stereocenters. The summed E-state index contributed by atoms with van der Waals surface area (Å²) in [6, 6.07) is 5.55. The van der Waals surface area contributed by atoms with E-state index in [0.717, 1.165) is 4.47 Å². The molecule has 1 aromatic rings. The minimum atomic E-state index is 0.0128. The number of methoxy groups -OCH3 is 1. The summed E-state index contributed by atoms with van der Waals surface area (Å²) in [6.07, 6.45) is 0.499. The van der Waals surface area contributed by atoms with E-state index in [2.05, 4.69) is 48.9 Å². The highest BCUT2D eigenvalue weighted by Gasteiger charge is 2.22. The lowest BCUT2D eigenvalue weighted by Gasteiger charge is -2.26. The second-order valence-electron chi connectivity index (χ2n) is 5.86. The molecule has 0 heterocycles. The molecule has 0 saturated carbocycles. The number of nitrogens with one attached hydrogen (secondary N) is 1. The predicted molar refractivity (Wildman–Crippen MR) is 82.6 cm³/mol. The fourth-order valence-corrected chi connectivity index (χ4v) is 1.92. The second-order valence-corrected chi connectivity index (χ2v) is 6.78. The van der Waals surface area contributed by atoms with Crippen molar-refractivity contribution in [3.8, 4) is 5.75 Å². The van der Waals surface area contributed by atoms with Gasteiger partial charge in [0.2, 0.25) is 5.91 Å². The van der Waals surface area contributed by atoms with Crippen molar-refractivity contribution in [3.05, 3.63) is 22.7 Å². The maximum absolute atomic E-state index is 12.1. The highest BCUT2D eigenvalue weighted by atomic mass is 79.9. The van der Waals surface area contributed by atoms with Crippen molar-refractivity contribution in [1.82, 2.24) is 0 Å². The Balaban J connectivity index is 2.75. The van der Waals surface area contributed by atoms with Crippen molar-refractivity contribution in [2.24, 2.45) is 11.3 Å². The first-order valence-electron chi connectivity index (χ1n) is 6.37. The Bertz CT molecular complexity index is 452. The molecule has 1 amide bonds. The lowest BCUT2D eigenvalue weighted by Crippen LogP contribution is -2.24. The van der Waals surface area contributed by atoms with Crippen LogP contribution >= 0.6 is 15.9 Å². The van der Waals surface area contributed by atoms with Crippen LogP contribution in [0.1, 0.15) is 34.1 Å². The zero-order chi connectivity index (χ0) is 14.6. The molecule has 3 nitrogen and oxygen atoms in total. The number of ether oxygens (including phenoxy) is 1. The molecule has 0 aliphatic rings. The second kappa shape index (κ2) is 6.42. The van der Waals surface area contributed by atoms with Gasteiger partial charge in [-0.15, -0.1) is 0 Å². The third-order valence-electron chi connectivity index (χ3n) is 3.41. The number of hydrogen-bond acceptors (Lipinski definition) is 2. The van der Waals surface area contributed by atoms with Gasteiger partial charge in [0.15, 0.2) is 0 Å². The summed E-state index contributed by atoms with van der Waals surface area (Å²) in [4.78, 5) is 12.1. The zero-order valence-corrected chi connectivity index (χ0v) is 13.8. The molecule has 1 rings (SSSR count). The third-order valence-corrected chi connectivity index (χ3v) is 3.90. The van der Waals surface area contributed by atoms with Crippen LogP contribution < -0.4 is 10.1 Å². The molecule has 106 valence electrons. The summed E-state index contributed by atoms with van der Waals surface area (Å²) in [6.45, 7) is 8.53. The molecule has 1 N–H and O–H groups in total. The number of carbonyl (C=O) groups is 1. The molecule has 0 spiro atoms. The van der Waals surface area contributed by atoms with E-state index in [4.69, 9.17) is 4.74 Å². The normalized spacial score (nSPS) is 12.9. The van der Waals surface area contributed by atoms with Gasteiger partial charge in [-0.2, -0.15) is 0 Å². The van der Waals surface area contributed by atoms with Crippen molar-refractivity contribution >= 4 is 27.5 Å². The standard InChI is InChI=1S/C15H22BrNO2/c1-10(15(2,3)4)8-14(18)17-12-9-11(16)6-7-13(12)19-5/h6-7,9-10H,8H2,1-5H3,(H,17,18). The van der Waals surface area contributed by atoms with Crippen molar-refractivity contribution in [2.45, 2.75) is 34.1 Å². The average Bonchev–Trinajstić information content (AvgIpc) is 2.27. The van der Waals surface area contributed by atoms with Crippen LogP contribution in [0, 0.1) is 11.3 Å². The molecule has 0 radical (unpaired) electrons. The quantitative estimate of drug-likeness (QED) is 0.886. The summed E-state index contributed by atoms with van der Waals surface area (Å²) in [5.74, 6) is 0.990. The van der Waals surface area contributed by atoms with Gasteiger partial charge in [-0.05, 0) is 29.5 Å². The predicted octanol–water partition coefficient (Wildman–Crippen LogP) is 4.47. The Morgan fingerprint density at radius 3 is 2.58 bits per heavy atom. The van der Waals surface area contributed by atoms with Crippen LogP contribution in [0.4, 0.5) is 5.69 Å². The minimum Gasteiger partial charge on any atom is -0.495 e. The first-order valence-corrected chi connectivity index (χ1v) is 7.16. The monoisotopic (exact) mass is 327 g/mol. The van der Waals surface area contributed by atoms with Crippen molar-refractivity contribution < 1.29 is 9.53 Å². The molecule has 0 bridgehead atoms. The Kier molecular flexibility index (Phi) is 5.41. The Labute approximate surface area is 123 Å². The third kappa shape index (κ3) is 4.86. The summed E-state index contributed by atoms with van der Waals surface area (Å²) >= 11 is 3.39. The molecule has 19 heavy (non-hydrogen) atoms. The molecule has 1 unspecified atom stereocenters. The van der Waals surface area contributed by atoms with Gasteiger partial charge in [-0.25, -0.2) is 0 Å². The van der Waals surface area contributed by atoms with Crippen molar-refractivity contribution in [1.29, 1.82) is 0 Å². The van der Waals surface area contributed by atoms with Crippen LogP contribution in [0.25, 0.3) is 0 Å². The van der Waals surface area contributed by atoms with Gasteiger partial charge in [0.1, 0.15) is 5.75 Å². The van der Waals surface area contributed by atoms with E-state index >= 15 is 0 Å². The number of halogens is 1. The first kappa shape index (κ1) is 16.0. The van der Waals surface area contributed by atoms with Crippen LogP contribution in [0.3, 0.4) is 0 Å². The van der Waals surface area contributed by atoms with Crippen molar-refractivity contribution in [2.75, 3.05) is 12.4 Å². The highest BCUT2D eigenvalue weighted by molar-refractivity contribution is 9.10. The molecule has 0 aliphatic heterocycles. The van der Waals surface area contributed by atoms with Crippen molar-refractivity contribution in [3.63, 3.8) is 0 Å². The van der Waals surface area contributed by atoms with E-state index in [9.17, 15) is 4.79 Å². The molecule has 0 aromatic heterocycles. The van der Waals surface area contributed by atoms with E-state index in [-0.39, 0.29) is 11.3 Å². The molecule has 4 heteroatoms. The summed E-state index contributed by atoms with van der Waals surface area (Å²) in [7, 11) is 1.59. The Morgan fingerprint density at radius 2 is 2.05 bits per heavy atom. The number of anilines is 1. The lowest BCUT2D eigenvalue weighted by atomic mass is 9.80. The molecule has 0 fully saturated rings. The maximum atomic E-state index is 12.1. The number of rotatable bonds is 4. The SMILES string of the molecule is COc1ccc(Br)cc1NC(=O)CC(C)C(C)(C)C. The number of amides is 1. The van der Waals surface area contributed by atoms with Gasteiger partial charge in [0.25, 0.3) is 0 Å². The molecular formula is C15H22BrNO2. The number of hydrogen-bond donors (Lipinski definition) is 1. The summed E-state index contributed by atoms with van der Waals surface area (Å²) < 4.78 is 6.15. The molecule has 0 saturated heterocycles. The van der Waals surface area contributed by atoms with Crippen LogP contribution in [-0.4, -0.2) is 13.0 Å². The molecule has 1 aromatic carbocycles. The molecular weight excluding hydrogens is 306 g/mol. The molecule has 0 aliphatic carbocycles. The van der Waals surface area contributed by atoms with Crippen LogP contribution in [-0.2, 0) is 4.79 Å². The van der Waals surface area contributed by atoms with E-state index in [0.29, 0.717) is 23.8 Å². The van der Waals surface area contributed by atoms with Crippen LogP contribution in [0.2, 0.25) is 0 Å².